The summed E-state index contributed by atoms with van der Waals surface area (Å²) in [6.45, 7) is -1.89. The van der Waals surface area contributed by atoms with Crippen LogP contribution < -0.4 is 14.2 Å². The summed E-state index contributed by atoms with van der Waals surface area (Å²) in [5.74, 6) is 1.01. The number of hydrogen-bond donors (Lipinski definition) is 1. The molecule has 0 atom stereocenters. The van der Waals surface area contributed by atoms with Crippen LogP contribution in [-0.4, -0.2) is 35.5 Å². The fraction of sp³-hybridized carbons (Fsp3) is 0.278. The number of ether oxygens (including phenoxy) is 3. The normalized spacial score (nSPS) is 12.9. The first kappa shape index (κ1) is 19.2. The van der Waals surface area contributed by atoms with Gasteiger partial charge in [-0.1, -0.05) is 0 Å². The van der Waals surface area contributed by atoms with Crippen molar-refractivity contribution in [2.24, 2.45) is 0 Å². The SMILES string of the molecule is CN(Cc1cc2c(cc1OC(F)F)OCO2)Cc1cn[nH]c1-c1ccc(Br)s1. The Balaban J connectivity index is 1.53. The zero-order valence-corrected chi connectivity index (χ0v) is 17.1. The van der Waals surface area contributed by atoms with Crippen molar-refractivity contribution >= 4 is 27.3 Å². The summed E-state index contributed by atoms with van der Waals surface area (Å²) < 4.78 is 42.0. The molecular weight excluding hydrogens is 456 g/mol. The van der Waals surface area contributed by atoms with E-state index in [9.17, 15) is 8.78 Å². The van der Waals surface area contributed by atoms with Crippen molar-refractivity contribution < 1.29 is 23.0 Å². The Bertz CT molecular complexity index is 979. The van der Waals surface area contributed by atoms with E-state index in [1.54, 1.807) is 23.6 Å². The van der Waals surface area contributed by atoms with Gasteiger partial charge in [-0.15, -0.1) is 11.3 Å². The van der Waals surface area contributed by atoms with Gasteiger partial charge in [-0.2, -0.15) is 13.9 Å². The molecule has 0 unspecified atom stereocenters. The molecule has 148 valence electrons. The van der Waals surface area contributed by atoms with Crippen molar-refractivity contribution in [3.05, 3.63) is 45.4 Å². The highest BCUT2D eigenvalue weighted by molar-refractivity contribution is 9.11. The van der Waals surface area contributed by atoms with E-state index in [4.69, 9.17) is 9.47 Å². The van der Waals surface area contributed by atoms with Gasteiger partial charge in [-0.3, -0.25) is 10.00 Å². The van der Waals surface area contributed by atoms with Gasteiger partial charge in [0.05, 0.1) is 20.6 Å². The van der Waals surface area contributed by atoms with Crippen LogP contribution >= 0.6 is 27.3 Å². The Labute approximate surface area is 172 Å². The monoisotopic (exact) mass is 471 g/mol. The number of aromatic nitrogens is 2. The molecule has 0 fully saturated rings. The van der Waals surface area contributed by atoms with Crippen LogP contribution in [-0.2, 0) is 13.1 Å². The van der Waals surface area contributed by atoms with Crippen LogP contribution in [0.3, 0.4) is 0 Å². The average molecular weight is 472 g/mol. The second kappa shape index (κ2) is 8.06. The third-order valence-electron chi connectivity index (χ3n) is 4.19. The number of aromatic amines is 1. The van der Waals surface area contributed by atoms with Crippen LogP contribution in [0.4, 0.5) is 8.78 Å². The smallest absolute Gasteiger partial charge is 0.387 e. The Morgan fingerprint density at radius 3 is 2.71 bits per heavy atom. The zero-order valence-electron chi connectivity index (χ0n) is 14.7. The molecule has 0 amide bonds. The molecule has 3 aromatic rings. The first-order valence-corrected chi connectivity index (χ1v) is 9.94. The highest BCUT2D eigenvalue weighted by Crippen LogP contribution is 2.39. The van der Waals surface area contributed by atoms with Crippen molar-refractivity contribution in [3.63, 3.8) is 0 Å². The Morgan fingerprint density at radius 2 is 2.00 bits per heavy atom. The van der Waals surface area contributed by atoms with Crippen LogP contribution in [0.25, 0.3) is 10.6 Å². The number of H-pyrrole nitrogens is 1. The minimum Gasteiger partial charge on any atom is -0.454 e. The lowest BCUT2D eigenvalue weighted by molar-refractivity contribution is -0.0508. The van der Waals surface area contributed by atoms with E-state index in [2.05, 4.69) is 30.9 Å². The quantitative estimate of drug-likeness (QED) is 0.532. The predicted octanol–water partition coefficient (Wildman–Crippen LogP) is 4.86. The molecule has 1 aromatic carbocycles. The summed E-state index contributed by atoms with van der Waals surface area (Å²) in [5.41, 5.74) is 2.54. The minimum absolute atomic E-state index is 0.0670. The maximum absolute atomic E-state index is 12.8. The van der Waals surface area contributed by atoms with Gasteiger partial charge in [0.2, 0.25) is 6.79 Å². The molecule has 4 rings (SSSR count). The average Bonchev–Trinajstić information content (AvgIpc) is 3.35. The number of nitrogens with zero attached hydrogens (tertiary/aromatic N) is 2. The molecule has 6 nitrogen and oxygen atoms in total. The first-order valence-electron chi connectivity index (χ1n) is 8.33. The summed E-state index contributed by atoms with van der Waals surface area (Å²) in [6.07, 6.45) is 1.77. The highest BCUT2D eigenvalue weighted by atomic mass is 79.9. The van der Waals surface area contributed by atoms with Crippen molar-refractivity contribution in [2.75, 3.05) is 13.8 Å². The summed E-state index contributed by atoms with van der Waals surface area (Å²) >= 11 is 5.07. The van der Waals surface area contributed by atoms with Crippen molar-refractivity contribution in [2.45, 2.75) is 19.7 Å². The lowest BCUT2D eigenvalue weighted by Crippen LogP contribution is -2.18. The van der Waals surface area contributed by atoms with Crippen molar-refractivity contribution in [3.8, 4) is 27.8 Å². The van der Waals surface area contributed by atoms with Crippen LogP contribution in [0.5, 0.6) is 17.2 Å². The number of halogens is 3. The van der Waals surface area contributed by atoms with Crippen LogP contribution in [0.2, 0.25) is 0 Å². The van der Waals surface area contributed by atoms with Gasteiger partial charge >= 0.3 is 6.61 Å². The Morgan fingerprint density at radius 1 is 1.25 bits per heavy atom. The maximum Gasteiger partial charge on any atom is 0.387 e. The molecule has 10 heteroatoms. The van der Waals surface area contributed by atoms with E-state index < -0.39 is 6.61 Å². The van der Waals surface area contributed by atoms with Crippen LogP contribution in [0.1, 0.15) is 11.1 Å². The van der Waals surface area contributed by atoms with E-state index in [1.807, 2.05) is 24.1 Å². The Kier molecular flexibility index (Phi) is 5.51. The molecule has 28 heavy (non-hydrogen) atoms. The second-order valence-corrected chi connectivity index (χ2v) is 8.70. The van der Waals surface area contributed by atoms with E-state index in [0.29, 0.717) is 30.2 Å². The number of nitrogens with one attached hydrogen (secondary N) is 1. The van der Waals surface area contributed by atoms with E-state index in [1.165, 1.54) is 6.07 Å². The van der Waals surface area contributed by atoms with E-state index in [0.717, 1.165) is 19.9 Å². The number of benzene rings is 1. The molecular formula is C18H16BrF2N3O3S. The van der Waals surface area contributed by atoms with E-state index >= 15 is 0 Å². The molecule has 0 bridgehead atoms. The van der Waals surface area contributed by atoms with Gasteiger partial charge in [-0.25, -0.2) is 0 Å². The second-order valence-electron chi connectivity index (χ2n) is 6.24. The van der Waals surface area contributed by atoms with Gasteiger partial charge in [0.1, 0.15) is 5.75 Å². The van der Waals surface area contributed by atoms with Gasteiger partial charge < -0.3 is 14.2 Å². The maximum atomic E-state index is 12.8. The number of thiophene rings is 1. The standard InChI is InChI=1S/C18H16BrF2N3O3S/c1-24(8-11-6-22-23-17(11)15-2-3-16(19)28-15)7-10-4-13-14(26-9-25-13)5-12(10)27-18(20)21/h2-6,18H,7-9H2,1H3,(H,22,23). The number of hydrogen-bond acceptors (Lipinski definition) is 6. The van der Waals surface area contributed by atoms with Gasteiger partial charge in [-0.05, 0) is 41.2 Å². The highest BCUT2D eigenvalue weighted by Gasteiger charge is 2.21. The topological polar surface area (TPSA) is 59.6 Å². The first-order chi connectivity index (χ1) is 13.5. The van der Waals surface area contributed by atoms with Gasteiger partial charge in [0.15, 0.2) is 11.5 Å². The fourth-order valence-corrected chi connectivity index (χ4v) is 4.44. The zero-order chi connectivity index (χ0) is 19.7. The summed E-state index contributed by atoms with van der Waals surface area (Å²) in [7, 11) is 1.90. The lowest BCUT2D eigenvalue weighted by Gasteiger charge is -2.19. The number of rotatable bonds is 7. The van der Waals surface area contributed by atoms with Crippen LogP contribution in [0.15, 0.2) is 34.2 Å². The minimum atomic E-state index is -2.91. The molecule has 0 saturated carbocycles. The lowest BCUT2D eigenvalue weighted by atomic mass is 10.1. The molecule has 1 aliphatic heterocycles. The molecule has 0 saturated heterocycles. The molecule has 3 heterocycles. The number of alkyl halides is 2. The molecule has 1 N–H and O–H groups in total. The molecule has 2 aromatic heterocycles. The van der Waals surface area contributed by atoms with Gasteiger partial charge in [0.25, 0.3) is 0 Å². The summed E-state index contributed by atoms with van der Waals surface area (Å²) in [6, 6.07) is 7.13. The largest absolute Gasteiger partial charge is 0.454 e. The molecule has 0 aliphatic carbocycles. The number of fused-ring (bicyclic) bond motifs is 1. The van der Waals surface area contributed by atoms with E-state index in [-0.39, 0.29) is 12.5 Å². The van der Waals surface area contributed by atoms with Crippen LogP contribution in [0, 0.1) is 0 Å². The summed E-state index contributed by atoms with van der Waals surface area (Å²) in [4.78, 5) is 3.06. The van der Waals surface area contributed by atoms with Crippen molar-refractivity contribution in [1.82, 2.24) is 15.1 Å². The predicted molar refractivity (Wildman–Crippen MR) is 104 cm³/mol. The molecule has 0 radical (unpaired) electrons. The van der Waals surface area contributed by atoms with Gasteiger partial charge in [0, 0.05) is 30.3 Å². The molecule has 0 spiro atoms. The van der Waals surface area contributed by atoms with Crippen molar-refractivity contribution in [1.29, 1.82) is 0 Å². The fourth-order valence-electron chi connectivity index (χ4n) is 3.03. The molecule has 1 aliphatic rings. The third kappa shape index (κ3) is 4.13. The third-order valence-corrected chi connectivity index (χ3v) is 5.83. The Hall–Kier alpha value is -2.17. The summed E-state index contributed by atoms with van der Waals surface area (Å²) in [5, 5.41) is 7.18.